The summed E-state index contributed by atoms with van der Waals surface area (Å²) in [5.41, 5.74) is 7.45. The van der Waals surface area contributed by atoms with Crippen LogP contribution in [0.2, 0.25) is 0 Å². The van der Waals surface area contributed by atoms with Crippen LogP contribution in [0, 0.1) is 17.2 Å². The topological polar surface area (TPSA) is 82.5 Å². The van der Waals surface area contributed by atoms with E-state index in [-0.39, 0.29) is 5.91 Å². The van der Waals surface area contributed by atoms with E-state index in [4.69, 9.17) is 16.0 Å². The van der Waals surface area contributed by atoms with Crippen LogP contribution in [0.25, 0.3) is 5.57 Å². The van der Waals surface area contributed by atoms with E-state index in [2.05, 4.69) is 24.3 Å². The second-order valence-corrected chi connectivity index (χ2v) is 8.03. The molecule has 1 aliphatic heterocycles. The smallest absolute Gasteiger partial charge is 0.231 e. The van der Waals surface area contributed by atoms with Crippen LogP contribution in [0.4, 0.5) is 0 Å². The van der Waals surface area contributed by atoms with Crippen molar-refractivity contribution in [3.8, 4) is 6.07 Å². The molecule has 3 aliphatic rings. The summed E-state index contributed by atoms with van der Waals surface area (Å²) in [7, 11) is 1.68. The normalized spacial score (nSPS) is 26.6. The number of guanidine groups is 1. The molecule has 2 aliphatic carbocycles. The van der Waals surface area contributed by atoms with Crippen LogP contribution in [0.15, 0.2) is 34.9 Å². The summed E-state index contributed by atoms with van der Waals surface area (Å²) >= 11 is 1.68. The molecule has 0 aromatic carbocycles. The Kier molecular flexibility index (Phi) is 3.77. The van der Waals surface area contributed by atoms with E-state index in [0.717, 1.165) is 46.6 Å². The Labute approximate surface area is 151 Å². The maximum atomic E-state index is 12.4. The van der Waals surface area contributed by atoms with Crippen molar-refractivity contribution in [3.63, 3.8) is 0 Å². The highest BCUT2D eigenvalue weighted by atomic mass is 32.1. The fraction of sp³-hybridized carbons (Fsp3) is 0.421. The van der Waals surface area contributed by atoms with Gasteiger partial charge >= 0.3 is 0 Å². The maximum Gasteiger partial charge on any atom is 0.231 e. The van der Waals surface area contributed by atoms with E-state index in [1.165, 1.54) is 4.90 Å². The third-order valence-corrected chi connectivity index (χ3v) is 6.57. The SMILES string of the molecule is CN1C(=O)CC(c2ccc(C3=CCCC(C#N)=C3)s2)(C2CC2)N=C1N. The highest BCUT2D eigenvalue weighted by Gasteiger charge is 2.51. The second-order valence-electron chi connectivity index (χ2n) is 6.94. The standard InChI is InChI=1S/C19H20N4OS/c1-23-17(24)10-19(14-5-6-14,22-18(23)21)16-8-7-15(25-16)13-4-2-3-12(9-13)11-20/h4,7-9,14H,2-3,5-6,10H2,1H3,(H2,21,22). The number of thiophene rings is 1. The molecule has 1 aromatic heterocycles. The first-order valence-electron chi connectivity index (χ1n) is 8.57. The Morgan fingerprint density at radius 1 is 1.44 bits per heavy atom. The van der Waals surface area contributed by atoms with Crippen LogP contribution in [-0.2, 0) is 10.3 Å². The summed E-state index contributed by atoms with van der Waals surface area (Å²) in [5.74, 6) is 0.722. The summed E-state index contributed by atoms with van der Waals surface area (Å²) in [5, 5.41) is 9.15. The van der Waals surface area contributed by atoms with Crippen molar-refractivity contribution in [2.24, 2.45) is 16.6 Å². The molecule has 2 heterocycles. The van der Waals surface area contributed by atoms with Crippen LogP contribution in [0.5, 0.6) is 0 Å². The predicted molar refractivity (Wildman–Crippen MR) is 98.6 cm³/mol. The molecule has 0 bridgehead atoms. The molecule has 5 nitrogen and oxygen atoms in total. The lowest BCUT2D eigenvalue weighted by molar-refractivity contribution is -0.128. The number of hydrogen-bond donors (Lipinski definition) is 1. The predicted octanol–water partition coefficient (Wildman–Crippen LogP) is 3.16. The number of carbonyl (C=O) groups excluding carboxylic acids is 1. The third-order valence-electron chi connectivity index (χ3n) is 5.27. The Hall–Kier alpha value is -2.39. The monoisotopic (exact) mass is 352 g/mol. The molecule has 1 unspecified atom stereocenters. The minimum absolute atomic E-state index is 0.0258. The fourth-order valence-corrected chi connectivity index (χ4v) is 4.85. The minimum atomic E-state index is -0.506. The van der Waals surface area contributed by atoms with Gasteiger partial charge in [0.2, 0.25) is 5.91 Å². The molecule has 1 aromatic rings. The largest absolute Gasteiger partial charge is 0.369 e. The number of allylic oxidation sites excluding steroid dienone is 4. The zero-order valence-corrected chi connectivity index (χ0v) is 15.0. The molecule has 6 heteroatoms. The van der Waals surface area contributed by atoms with Crippen molar-refractivity contribution in [2.75, 3.05) is 7.05 Å². The lowest BCUT2D eigenvalue weighted by Gasteiger charge is -2.35. The Morgan fingerprint density at radius 3 is 2.92 bits per heavy atom. The Morgan fingerprint density at radius 2 is 2.24 bits per heavy atom. The van der Waals surface area contributed by atoms with Gasteiger partial charge in [0.15, 0.2) is 5.96 Å². The number of nitrogens with two attached hydrogens (primary N) is 1. The molecule has 0 spiro atoms. The number of hydrogen-bond acceptors (Lipinski definition) is 5. The quantitative estimate of drug-likeness (QED) is 0.907. The summed E-state index contributed by atoms with van der Waals surface area (Å²) in [4.78, 5) is 20.9. The highest BCUT2D eigenvalue weighted by Crippen LogP contribution is 2.54. The lowest BCUT2D eigenvalue weighted by Crippen LogP contribution is -2.49. The summed E-state index contributed by atoms with van der Waals surface area (Å²) in [6.45, 7) is 0. The molecule has 1 amide bonds. The van der Waals surface area contributed by atoms with E-state index < -0.39 is 5.54 Å². The first-order chi connectivity index (χ1) is 12.0. The zero-order valence-electron chi connectivity index (χ0n) is 14.2. The average Bonchev–Trinajstić information content (AvgIpc) is 3.36. The first kappa shape index (κ1) is 16.1. The van der Waals surface area contributed by atoms with Gasteiger partial charge in [-0.1, -0.05) is 6.08 Å². The molecule has 1 saturated carbocycles. The van der Waals surface area contributed by atoms with E-state index in [1.807, 2.05) is 6.08 Å². The zero-order chi connectivity index (χ0) is 17.6. The van der Waals surface area contributed by atoms with Crippen LogP contribution < -0.4 is 5.73 Å². The van der Waals surface area contributed by atoms with E-state index in [9.17, 15) is 4.79 Å². The van der Waals surface area contributed by atoms with E-state index >= 15 is 0 Å². The summed E-state index contributed by atoms with van der Waals surface area (Å²) in [6, 6.07) is 6.43. The molecule has 4 rings (SSSR count). The van der Waals surface area contributed by atoms with Crippen molar-refractivity contribution < 1.29 is 4.79 Å². The number of aliphatic imine (C=N–C) groups is 1. The number of nitrogens with zero attached hydrogens (tertiary/aromatic N) is 3. The summed E-state index contributed by atoms with van der Waals surface area (Å²) < 4.78 is 0. The summed E-state index contributed by atoms with van der Waals surface area (Å²) in [6.07, 6.45) is 8.41. The van der Waals surface area contributed by atoms with E-state index in [1.54, 1.807) is 18.4 Å². The van der Waals surface area contributed by atoms with Gasteiger partial charge in [0.05, 0.1) is 12.5 Å². The molecule has 128 valence electrons. The first-order valence-corrected chi connectivity index (χ1v) is 9.38. The van der Waals surface area contributed by atoms with Crippen molar-refractivity contribution >= 4 is 28.8 Å². The van der Waals surface area contributed by atoms with Crippen LogP contribution >= 0.6 is 11.3 Å². The number of nitriles is 1. The number of amides is 1. The van der Waals surface area contributed by atoms with Crippen molar-refractivity contribution in [3.05, 3.63) is 39.6 Å². The molecular weight excluding hydrogens is 332 g/mol. The van der Waals surface area contributed by atoms with Gasteiger partial charge in [-0.15, -0.1) is 11.3 Å². The molecule has 1 atom stereocenters. The van der Waals surface area contributed by atoms with Crippen LogP contribution in [0.3, 0.4) is 0 Å². The average molecular weight is 352 g/mol. The number of carbonyl (C=O) groups is 1. The molecule has 25 heavy (non-hydrogen) atoms. The van der Waals surface area contributed by atoms with Crippen molar-refractivity contribution in [1.82, 2.24) is 4.90 Å². The minimum Gasteiger partial charge on any atom is -0.369 e. The Balaban J connectivity index is 1.73. The van der Waals surface area contributed by atoms with Crippen molar-refractivity contribution in [2.45, 2.75) is 37.6 Å². The van der Waals surface area contributed by atoms with E-state index in [0.29, 0.717) is 18.3 Å². The van der Waals surface area contributed by atoms with Gasteiger partial charge < -0.3 is 5.73 Å². The van der Waals surface area contributed by atoms with Crippen molar-refractivity contribution in [1.29, 1.82) is 5.26 Å². The van der Waals surface area contributed by atoms with Gasteiger partial charge in [-0.3, -0.25) is 9.69 Å². The molecule has 2 N–H and O–H groups in total. The fourth-order valence-electron chi connectivity index (χ4n) is 3.62. The maximum absolute atomic E-state index is 12.4. The van der Waals surface area contributed by atoms with Crippen LogP contribution in [-0.4, -0.2) is 23.8 Å². The highest BCUT2D eigenvalue weighted by molar-refractivity contribution is 7.13. The molecule has 0 radical (unpaired) electrons. The van der Waals surface area contributed by atoms with Gasteiger partial charge in [0.1, 0.15) is 5.54 Å². The molecular formula is C19H20N4OS. The third kappa shape index (κ3) is 2.69. The molecule has 1 fully saturated rings. The second kappa shape index (κ2) is 5.85. The van der Waals surface area contributed by atoms with Gasteiger partial charge in [-0.2, -0.15) is 5.26 Å². The van der Waals surface area contributed by atoms with Gasteiger partial charge in [0, 0.05) is 22.4 Å². The Bertz CT molecular complexity index is 868. The van der Waals surface area contributed by atoms with Gasteiger partial charge in [-0.25, -0.2) is 4.99 Å². The molecule has 0 saturated heterocycles. The van der Waals surface area contributed by atoms with Gasteiger partial charge in [-0.05, 0) is 55.4 Å². The lowest BCUT2D eigenvalue weighted by atomic mass is 9.86. The van der Waals surface area contributed by atoms with Gasteiger partial charge in [0.25, 0.3) is 0 Å². The van der Waals surface area contributed by atoms with Crippen LogP contribution in [0.1, 0.15) is 41.9 Å². The number of rotatable bonds is 3.